The third kappa shape index (κ3) is 5.54. The molecule has 0 aliphatic rings. The first-order valence-electron chi connectivity index (χ1n) is 7.03. The van der Waals surface area contributed by atoms with Crippen molar-refractivity contribution < 1.29 is 22.9 Å². The molecule has 0 saturated heterocycles. The van der Waals surface area contributed by atoms with Crippen molar-refractivity contribution in [1.82, 2.24) is 10.2 Å². The molecule has 0 bridgehead atoms. The number of carbonyl (C=O) groups is 2. The molecule has 11 heteroatoms. The van der Waals surface area contributed by atoms with Crippen molar-refractivity contribution in [2.45, 2.75) is 13.0 Å². The Balaban J connectivity index is 3.18. The predicted molar refractivity (Wildman–Crippen MR) is 87.1 cm³/mol. The lowest BCUT2D eigenvalue weighted by molar-refractivity contribution is -0.385. The van der Waals surface area contributed by atoms with Gasteiger partial charge in [-0.2, -0.15) is 5.26 Å². The second-order valence-electron chi connectivity index (χ2n) is 5.08. The molecule has 1 unspecified atom stereocenters. The smallest absolute Gasteiger partial charge is 0.282 e. The zero-order valence-corrected chi connectivity index (χ0v) is 14.3. The van der Waals surface area contributed by atoms with Gasteiger partial charge in [-0.25, -0.2) is 13.3 Å². The van der Waals surface area contributed by atoms with Crippen molar-refractivity contribution in [3.8, 4) is 6.19 Å². The number of nitrogens with one attached hydrogen (secondary N) is 1. The van der Waals surface area contributed by atoms with Gasteiger partial charge in [0.1, 0.15) is 21.4 Å². The first-order chi connectivity index (χ1) is 11.6. The minimum absolute atomic E-state index is 0.0169. The van der Waals surface area contributed by atoms with Crippen LogP contribution in [0.25, 0.3) is 0 Å². The second-order valence-corrected chi connectivity index (χ2v) is 7.26. The molecule has 1 N–H and O–H groups in total. The molecule has 0 spiro atoms. The molecular formula is C14H16N4O6S. The predicted octanol–water partition coefficient (Wildman–Crippen LogP) is 0.0674. The van der Waals surface area contributed by atoms with E-state index >= 15 is 0 Å². The van der Waals surface area contributed by atoms with Crippen molar-refractivity contribution in [3.05, 3.63) is 39.9 Å². The minimum atomic E-state index is -3.68. The van der Waals surface area contributed by atoms with Crippen LogP contribution < -0.4 is 5.32 Å². The number of nitriles is 1. The fourth-order valence-electron chi connectivity index (χ4n) is 2.00. The van der Waals surface area contributed by atoms with Gasteiger partial charge in [0.15, 0.2) is 6.19 Å². The van der Waals surface area contributed by atoms with Gasteiger partial charge < -0.3 is 5.32 Å². The van der Waals surface area contributed by atoms with E-state index in [1.54, 1.807) is 6.19 Å². The van der Waals surface area contributed by atoms with Gasteiger partial charge in [-0.15, -0.1) is 0 Å². The van der Waals surface area contributed by atoms with Gasteiger partial charge in [0.2, 0.25) is 0 Å². The standard InChI is InChI=1S/C14H16N4O6S/c1-3-17(9-15)14(20)11(8-25(2,23)24)16-13(19)10-6-4-5-7-12(10)18(21)22/h4-7,11H,3,8H2,1-2H3,(H,16,19). The molecule has 2 amide bonds. The molecule has 0 heterocycles. The van der Waals surface area contributed by atoms with E-state index in [0.717, 1.165) is 12.3 Å². The highest BCUT2D eigenvalue weighted by atomic mass is 32.2. The van der Waals surface area contributed by atoms with Crippen LogP contribution in [-0.2, 0) is 14.6 Å². The van der Waals surface area contributed by atoms with E-state index in [0.29, 0.717) is 4.90 Å². The quantitative estimate of drug-likeness (QED) is 0.309. The van der Waals surface area contributed by atoms with Gasteiger partial charge >= 0.3 is 0 Å². The second kappa shape index (κ2) is 8.20. The first kappa shape index (κ1) is 20.0. The summed E-state index contributed by atoms with van der Waals surface area (Å²) in [7, 11) is -3.68. The fourth-order valence-corrected chi connectivity index (χ4v) is 2.83. The number of carbonyl (C=O) groups excluding carboxylic acids is 2. The van der Waals surface area contributed by atoms with E-state index in [9.17, 15) is 28.1 Å². The lowest BCUT2D eigenvalue weighted by Gasteiger charge is -2.21. The Morgan fingerprint density at radius 3 is 2.48 bits per heavy atom. The maximum atomic E-state index is 12.3. The van der Waals surface area contributed by atoms with Crippen molar-refractivity contribution >= 4 is 27.3 Å². The largest absolute Gasteiger partial charge is 0.339 e. The van der Waals surface area contributed by atoms with E-state index in [1.165, 1.54) is 25.1 Å². The lowest BCUT2D eigenvalue weighted by Crippen LogP contribution is -2.50. The molecule has 0 aliphatic heterocycles. The van der Waals surface area contributed by atoms with Crippen LogP contribution in [0.4, 0.5) is 5.69 Å². The van der Waals surface area contributed by atoms with Crippen LogP contribution in [0, 0.1) is 21.6 Å². The Bertz CT molecular complexity index is 830. The molecule has 1 aromatic rings. The van der Waals surface area contributed by atoms with Crippen LogP contribution in [0.3, 0.4) is 0 Å². The molecule has 0 saturated carbocycles. The summed E-state index contributed by atoms with van der Waals surface area (Å²) in [6.45, 7) is 1.49. The number of likely N-dealkylation sites (N-methyl/N-ethyl adjacent to an activating group) is 1. The monoisotopic (exact) mass is 368 g/mol. The number of amides is 2. The summed E-state index contributed by atoms with van der Waals surface area (Å²) in [6, 6.07) is 3.50. The number of nitro groups is 1. The van der Waals surface area contributed by atoms with Crippen LogP contribution in [0.2, 0.25) is 0 Å². The third-order valence-corrected chi connectivity index (χ3v) is 4.06. The number of nitrogens with zero attached hydrogens (tertiary/aromatic N) is 3. The SMILES string of the molecule is CCN(C#N)C(=O)C(CS(C)(=O)=O)NC(=O)c1ccccc1[N+](=O)[O-]. The van der Waals surface area contributed by atoms with E-state index in [4.69, 9.17) is 5.26 Å². The van der Waals surface area contributed by atoms with Crippen LogP contribution in [0.1, 0.15) is 17.3 Å². The molecule has 0 aliphatic carbocycles. The summed E-state index contributed by atoms with van der Waals surface area (Å²) in [5.41, 5.74) is -0.808. The number of sulfone groups is 1. The van der Waals surface area contributed by atoms with Crippen LogP contribution in [0.15, 0.2) is 24.3 Å². The number of benzene rings is 1. The topological polar surface area (TPSA) is 150 Å². The van der Waals surface area contributed by atoms with Gasteiger partial charge in [0.05, 0.1) is 10.7 Å². The Hall–Kier alpha value is -3.00. The maximum absolute atomic E-state index is 12.3. The number of hydrogen-bond donors (Lipinski definition) is 1. The highest BCUT2D eigenvalue weighted by molar-refractivity contribution is 7.90. The van der Waals surface area contributed by atoms with Gasteiger partial charge in [0, 0.05) is 18.9 Å². The molecular weight excluding hydrogens is 352 g/mol. The summed E-state index contributed by atoms with van der Waals surface area (Å²) < 4.78 is 23.1. The van der Waals surface area contributed by atoms with Gasteiger partial charge in [-0.1, -0.05) is 12.1 Å². The molecule has 0 fully saturated rings. The number of para-hydroxylation sites is 1. The maximum Gasteiger partial charge on any atom is 0.282 e. The highest BCUT2D eigenvalue weighted by Gasteiger charge is 2.30. The lowest BCUT2D eigenvalue weighted by atomic mass is 10.1. The van der Waals surface area contributed by atoms with E-state index in [1.807, 2.05) is 0 Å². The average molecular weight is 368 g/mol. The molecule has 1 aromatic carbocycles. The summed E-state index contributed by atoms with van der Waals surface area (Å²) >= 11 is 0. The fraction of sp³-hybridized carbons (Fsp3) is 0.357. The Kier molecular flexibility index (Phi) is 6.58. The summed E-state index contributed by atoms with van der Waals surface area (Å²) in [4.78, 5) is 35.5. The molecule has 1 atom stereocenters. The number of nitro benzene ring substituents is 1. The molecule has 0 aromatic heterocycles. The Labute approximate surface area is 144 Å². The molecule has 0 radical (unpaired) electrons. The van der Waals surface area contributed by atoms with Crippen molar-refractivity contribution in [2.75, 3.05) is 18.6 Å². The average Bonchev–Trinajstić information content (AvgIpc) is 2.53. The summed E-state index contributed by atoms with van der Waals surface area (Å²) in [5, 5.41) is 22.1. The number of hydrogen-bond acceptors (Lipinski definition) is 7. The van der Waals surface area contributed by atoms with E-state index in [2.05, 4.69) is 5.32 Å². The molecule has 25 heavy (non-hydrogen) atoms. The van der Waals surface area contributed by atoms with Crippen LogP contribution >= 0.6 is 0 Å². The van der Waals surface area contributed by atoms with Crippen LogP contribution in [0.5, 0.6) is 0 Å². The van der Waals surface area contributed by atoms with E-state index < -0.39 is 44.1 Å². The normalized spacial score (nSPS) is 11.9. The number of rotatable bonds is 7. The molecule has 134 valence electrons. The van der Waals surface area contributed by atoms with Gasteiger partial charge in [-0.3, -0.25) is 19.7 Å². The molecule has 10 nitrogen and oxygen atoms in total. The Morgan fingerprint density at radius 1 is 1.40 bits per heavy atom. The zero-order valence-electron chi connectivity index (χ0n) is 13.5. The van der Waals surface area contributed by atoms with Crippen LogP contribution in [-0.4, -0.2) is 54.7 Å². The van der Waals surface area contributed by atoms with Crippen molar-refractivity contribution in [2.24, 2.45) is 0 Å². The highest BCUT2D eigenvalue weighted by Crippen LogP contribution is 2.17. The van der Waals surface area contributed by atoms with Crippen molar-refractivity contribution in [3.63, 3.8) is 0 Å². The summed E-state index contributed by atoms with van der Waals surface area (Å²) in [5.74, 6) is -2.64. The third-order valence-electron chi connectivity index (χ3n) is 3.12. The van der Waals surface area contributed by atoms with Gasteiger partial charge in [-0.05, 0) is 13.0 Å². The Morgan fingerprint density at radius 2 is 2.00 bits per heavy atom. The minimum Gasteiger partial charge on any atom is -0.339 e. The first-order valence-corrected chi connectivity index (χ1v) is 9.09. The van der Waals surface area contributed by atoms with E-state index in [-0.39, 0.29) is 12.1 Å². The molecule has 1 rings (SSSR count). The van der Waals surface area contributed by atoms with Gasteiger partial charge in [0.25, 0.3) is 17.5 Å². The van der Waals surface area contributed by atoms with Crippen molar-refractivity contribution in [1.29, 1.82) is 5.26 Å². The zero-order chi connectivity index (χ0) is 19.2. The summed E-state index contributed by atoms with van der Waals surface area (Å²) in [6.07, 6.45) is 2.46.